The van der Waals surface area contributed by atoms with Gasteiger partial charge in [-0.3, -0.25) is 0 Å². The van der Waals surface area contributed by atoms with Crippen LogP contribution in [0.4, 0.5) is 11.6 Å². The Morgan fingerprint density at radius 1 is 1.41 bits per heavy atom. The Bertz CT molecular complexity index is 522. The molecule has 2 rings (SSSR count). The van der Waals surface area contributed by atoms with Gasteiger partial charge in [-0.05, 0) is 70.6 Å². The summed E-state index contributed by atoms with van der Waals surface area (Å²) in [5.41, 5.74) is 1.03. The predicted molar refractivity (Wildman–Crippen MR) is 82.8 cm³/mol. The zero-order valence-electron chi connectivity index (χ0n) is 9.61. The maximum Gasteiger partial charge on any atom is 0.207 e. The Morgan fingerprint density at radius 3 is 2.88 bits per heavy atom. The topological polar surface area (TPSA) is 29.9 Å². The first-order chi connectivity index (χ1) is 8.08. The molecule has 0 aliphatic carbocycles. The van der Waals surface area contributed by atoms with Crippen LogP contribution in [0.5, 0.6) is 0 Å². The molecule has 0 unspecified atom stereocenters. The van der Waals surface area contributed by atoms with E-state index in [1.807, 2.05) is 18.5 Å². The van der Waals surface area contributed by atoms with E-state index in [2.05, 4.69) is 79.4 Å². The summed E-state index contributed by atoms with van der Waals surface area (Å²) in [6, 6.07) is 6.57. The molecule has 0 radical (unpaired) electrons. The normalized spacial score (nSPS) is 10.9. The molecule has 90 valence electrons. The second kappa shape index (κ2) is 5.39. The van der Waals surface area contributed by atoms with Crippen LogP contribution in [-0.2, 0) is 0 Å². The number of nitrogens with one attached hydrogen (secondary N) is 1. The Hall–Kier alpha value is -0.560. The minimum absolute atomic E-state index is 0.390. The summed E-state index contributed by atoms with van der Waals surface area (Å²) in [5, 5.41) is 3.34. The second-order valence-corrected chi connectivity index (χ2v) is 6.10. The number of hydrogen-bond donors (Lipinski definition) is 1. The average Bonchev–Trinajstić information content (AvgIpc) is 2.71. The summed E-state index contributed by atoms with van der Waals surface area (Å²) in [7, 11) is 0. The smallest absolute Gasteiger partial charge is 0.207 e. The van der Waals surface area contributed by atoms with Crippen LogP contribution in [0.1, 0.15) is 19.9 Å². The maximum atomic E-state index is 4.33. The van der Waals surface area contributed by atoms with Gasteiger partial charge in [-0.25, -0.2) is 4.98 Å². The van der Waals surface area contributed by atoms with Gasteiger partial charge in [0.15, 0.2) is 0 Å². The summed E-state index contributed by atoms with van der Waals surface area (Å²) in [4.78, 5) is 4.33. The quantitative estimate of drug-likeness (QED) is 0.757. The third kappa shape index (κ3) is 3.01. The van der Waals surface area contributed by atoms with Gasteiger partial charge in [0.1, 0.15) is 0 Å². The lowest BCUT2D eigenvalue weighted by molar-refractivity contribution is 0.608. The number of hydrogen-bond acceptors (Lipinski definition) is 2. The van der Waals surface area contributed by atoms with Crippen molar-refractivity contribution >= 4 is 50.2 Å². The van der Waals surface area contributed by atoms with Gasteiger partial charge in [0.25, 0.3) is 0 Å². The van der Waals surface area contributed by atoms with E-state index in [4.69, 9.17) is 0 Å². The molecule has 0 spiro atoms. The van der Waals surface area contributed by atoms with Gasteiger partial charge in [0.2, 0.25) is 5.95 Å². The van der Waals surface area contributed by atoms with E-state index in [0.717, 1.165) is 16.1 Å². The van der Waals surface area contributed by atoms with Crippen molar-refractivity contribution in [2.45, 2.75) is 19.9 Å². The van der Waals surface area contributed by atoms with Crippen molar-refractivity contribution in [3.05, 3.63) is 38.6 Å². The van der Waals surface area contributed by atoms with Crippen molar-refractivity contribution in [1.82, 2.24) is 9.55 Å². The van der Waals surface area contributed by atoms with E-state index in [-0.39, 0.29) is 0 Å². The van der Waals surface area contributed by atoms with Crippen molar-refractivity contribution in [1.29, 1.82) is 0 Å². The van der Waals surface area contributed by atoms with Crippen LogP contribution in [0.3, 0.4) is 0 Å². The molecule has 0 aliphatic heterocycles. The fourth-order valence-corrected chi connectivity index (χ4v) is 2.38. The third-order valence-corrected chi connectivity index (χ3v) is 3.76. The van der Waals surface area contributed by atoms with Gasteiger partial charge in [-0.2, -0.15) is 0 Å². The molecule has 5 heteroatoms. The fraction of sp³-hybridized carbons (Fsp3) is 0.250. The van der Waals surface area contributed by atoms with Gasteiger partial charge >= 0.3 is 0 Å². The Balaban J connectivity index is 2.31. The minimum Gasteiger partial charge on any atom is -0.325 e. The van der Waals surface area contributed by atoms with Crippen molar-refractivity contribution in [2.24, 2.45) is 0 Å². The largest absolute Gasteiger partial charge is 0.325 e. The van der Waals surface area contributed by atoms with Gasteiger partial charge in [0.05, 0.1) is 5.69 Å². The molecule has 3 nitrogen and oxygen atoms in total. The highest BCUT2D eigenvalue weighted by atomic mass is 127. The van der Waals surface area contributed by atoms with E-state index in [0.29, 0.717) is 6.04 Å². The Kier molecular flexibility index (Phi) is 4.09. The number of benzene rings is 1. The molecule has 1 heterocycles. The van der Waals surface area contributed by atoms with Crippen LogP contribution < -0.4 is 5.32 Å². The lowest BCUT2D eigenvalue weighted by atomic mass is 10.3. The van der Waals surface area contributed by atoms with E-state index in [1.54, 1.807) is 0 Å². The monoisotopic (exact) mass is 405 g/mol. The number of aromatic nitrogens is 2. The number of imidazole rings is 1. The molecule has 2 aromatic rings. The zero-order valence-corrected chi connectivity index (χ0v) is 13.4. The number of nitrogens with zero attached hydrogens (tertiary/aromatic N) is 2. The summed E-state index contributed by atoms with van der Waals surface area (Å²) >= 11 is 5.83. The molecule has 17 heavy (non-hydrogen) atoms. The first kappa shape index (κ1) is 12.9. The van der Waals surface area contributed by atoms with Crippen LogP contribution in [0.2, 0.25) is 0 Å². The van der Waals surface area contributed by atoms with Crippen LogP contribution in [0.25, 0.3) is 0 Å². The van der Waals surface area contributed by atoms with Gasteiger partial charge in [0, 0.05) is 26.5 Å². The van der Waals surface area contributed by atoms with E-state index in [1.165, 1.54) is 3.57 Å². The summed E-state index contributed by atoms with van der Waals surface area (Å²) in [6.07, 6.45) is 3.79. The number of rotatable bonds is 3. The van der Waals surface area contributed by atoms with Crippen LogP contribution in [0, 0.1) is 3.57 Å². The molecule has 1 aromatic carbocycles. The lowest BCUT2D eigenvalue weighted by Gasteiger charge is -2.13. The highest BCUT2D eigenvalue weighted by Crippen LogP contribution is 2.27. The highest BCUT2D eigenvalue weighted by Gasteiger charge is 2.08. The zero-order chi connectivity index (χ0) is 12.4. The standard InChI is InChI=1S/C12H13BrIN3/c1-8(2)17-6-5-15-12(17)16-11-7-9(14)3-4-10(11)13/h3-8H,1-2H3,(H,15,16). The lowest BCUT2D eigenvalue weighted by Crippen LogP contribution is -2.05. The summed E-state index contributed by atoms with van der Waals surface area (Å²) in [5.74, 6) is 0.864. The molecular weight excluding hydrogens is 393 g/mol. The molecule has 0 saturated heterocycles. The average molecular weight is 406 g/mol. The second-order valence-electron chi connectivity index (χ2n) is 4.00. The van der Waals surface area contributed by atoms with Gasteiger partial charge in [-0.1, -0.05) is 0 Å². The van der Waals surface area contributed by atoms with E-state index >= 15 is 0 Å². The molecule has 1 aromatic heterocycles. The molecule has 0 amide bonds. The van der Waals surface area contributed by atoms with Crippen LogP contribution in [0.15, 0.2) is 35.1 Å². The van der Waals surface area contributed by atoms with Crippen LogP contribution >= 0.6 is 38.5 Å². The highest BCUT2D eigenvalue weighted by molar-refractivity contribution is 14.1. The van der Waals surface area contributed by atoms with Crippen molar-refractivity contribution in [3.63, 3.8) is 0 Å². The summed E-state index contributed by atoms with van der Waals surface area (Å²) < 4.78 is 4.33. The maximum absolute atomic E-state index is 4.33. The SMILES string of the molecule is CC(C)n1ccnc1Nc1cc(I)ccc1Br. The predicted octanol–water partition coefficient (Wildman–Crippen LogP) is 4.57. The Morgan fingerprint density at radius 2 is 2.18 bits per heavy atom. The summed E-state index contributed by atoms with van der Waals surface area (Å²) in [6.45, 7) is 4.27. The van der Waals surface area contributed by atoms with Crippen molar-refractivity contribution in [3.8, 4) is 0 Å². The Labute approximate surface area is 123 Å². The molecule has 0 saturated carbocycles. The van der Waals surface area contributed by atoms with E-state index in [9.17, 15) is 0 Å². The first-order valence-electron chi connectivity index (χ1n) is 5.33. The number of anilines is 2. The first-order valence-corrected chi connectivity index (χ1v) is 7.20. The molecule has 1 N–H and O–H groups in total. The van der Waals surface area contributed by atoms with Gasteiger partial charge in [-0.15, -0.1) is 0 Å². The molecular formula is C12H13BrIN3. The minimum atomic E-state index is 0.390. The third-order valence-electron chi connectivity index (χ3n) is 2.40. The van der Waals surface area contributed by atoms with E-state index < -0.39 is 0 Å². The van der Waals surface area contributed by atoms with Crippen molar-refractivity contribution < 1.29 is 0 Å². The van der Waals surface area contributed by atoms with Crippen molar-refractivity contribution in [2.75, 3.05) is 5.32 Å². The number of halogens is 2. The molecule has 0 atom stereocenters. The molecule has 0 aliphatic rings. The van der Waals surface area contributed by atoms with Gasteiger partial charge < -0.3 is 9.88 Å². The molecule has 0 fully saturated rings. The molecule has 0 bridgehead atoms. The van der Waals surface area contributed by atoms with Crippen LogP contribution in [-0.4, -0.2) is 9.55 Å². The fourth-order valence-electron chi connectivity index (χ4n) is 1.54.